The number of anilines is 1. The first kappa shape index (κ1) is 19.5. The summed E-state index contributed by atoms with van der Waals surface area (Å²) >= 11 is 0. The Morgan fingerprint density at radius 1 is 1.35 bits per heavy atom. The molecule has 2 atom stereocenters. The van der Waals surface area contributed by atoms with Crippen LogP contribution in [0, 0.1) is 22.7 Å². The average Bonchev–Trinajstić information content (AvgIpc) is 3.38. The van der Waals surface area contributed by atoms with Crippen molar-refractivity contribution in [2.24, 2.45) is 11.3 Å². The summed E-state index contributed by atoms with van der Waals surface area (Å²) in [5.74, 6) is 0.825. The van der Waals surface area contributed by atoms with Gasteiger partial charge in [-0.3, -0.25) is 9.78 Å². The highest BCUT2D eigenvalue weighted by Gasteiger charge is 2.55. The van der Waals surface area contributed by atoms with Crippen LogP contribution in [0.2, 0.25) is 0 Å². The number of aromatic nitrogens is 4. The molecule has 158 valence electrons. The van der Waals surface area contributed by atoms with Crippen LogP contribution in [-0.4, -0.2) is 50.6 Å². The molecule has 4 heterocycles. The minimum atomic E-state index is -0.908. The lowest BCUT2D eigenvalue weighted by Crippen LogP contribution is -2.48. The van der Waals surface area contributed by atoms with Crippen molar-refractivity contribution in [3.05, 3.63) is 48.2 Å². The Bertz CT molecular complexity index is 1150. The van der Waals surface area contributed by atoms with Gasteiger partial charge in [-0.2, -0.15) is 5.26 Å². The van der Waals surface area contributed by atoms with Crippen molar-refractivity contribution in [3.63, 3.8) is 0 Å². The molecule has 0 unspecified atom stereocenters. The molecule has 1 saturated heterocycles. The van der Waals surface area contributed by atoms with Crippen LogP contribution in [0.1, 0.15) is 36.6 Å². The highest BCUT2D eigenvalue weighted by atomic mass is 16.3. The molecule has 1 aliphatic carbocycles. The summed E-state index contributed by atoms with van der Waals surface area (Å²) < 4.78 is 0. The molecule has 5 rings (SSSR count). The fourth-order valence-electron chi connectivity index (χ4n) is 4.62. The smallest absolute Gasteiger partial charge is 0.223 e. The molecule has 1 saturated carbocycles. The summed E-state index contributed by atoms with van der Waals surface area (Å²) in [6, 6.07) is 7.20. The van der Waals surface area contributed by atoms with E-state index in [1.54, 1.807) is 18.5 Å². The minimum absolute atomic E-state index is 0.0145. The Hall–Kier alpha value is -3.51. The molecule has 3 N–H and O–H groups in total. The number of amides is 1. The number of hydrogen-bond donors (Lipinski definition) is 3. The zero-order chi connectivity index (χ0) is 21.4. The van der Waals surface area contributed by atoms with Gasteiger partial charge in [-0.25, -0.2) is 9.97 Å². The first-order valence-electron chi connectivity index (χ1n) is 10.4. The van der Waals surface area contributed by atoms with Gasteiger partial charge in [-0.05, 0) is 42.9 Å². The Morgan fingerprint density at radius 2 is 2.23 bits per heavy atom. The van der Waals surface area contributed by atoms with Crippen molar-refractivity contribution in [3.8, 4) is 6.07 Å². The highest BCUT2D eigenvalue weighted by Crippen LogP contribution is 2.56. The Kier molecular flexibility index (Phi) is 4.79. The highest BCUT2D eigenvalue weighted by molar-refractivity contribution is 5.87. The Labute approximate surface area is 179 Å². The van der Waals surface area contributed by atoms with Crippen molar-refractivity contribution >= 4 is 22.8 Å². The lowest BCUT2D eigenvalue weighted by Gasteiger charge is -2.39. The van der Waals surface area contributed by atoms with Gasteiger partial charge in [0.05, 0.1) is 16.6 Å². The van der Waals surface area contributed by atoms with Crippen LogP contribution in [0.5, 0.6) is 0 Å². The van der Waals surface area contributed by atoms with Crippen LogP contribution < -0.4 is 10.2 Å². The molecule has 3 aromatic rings. The Balaban J connectivity index is 1.23. The first-order valence-corrected chi connectivity index (χ1v) is 10.4. The number of carbonyl (C=O) groups is 1. The van der Waals surface area contributed by atoms with E-state index in [0.717, 1.165) is 49.2 Å². The van der Waals surface area contributed by atoms with Gasteiger partial charge in [0.1, 0.15) is 30.0 Å². The van der Waals surface area contributed by atoms with Gasteiger partial charge in [-0.15, -0.1) is 0 Å². The molecule has 3 aromatic heterocycles. The lowest BCUT2D eigenvalue weighted by atomic mass is 9.81. The average molecular weight is 417 g/mol. The first-order chi connectivity index (χ1) is 15.1. The summed E-state index contributed by atoms with van der Waals surface area (Å²) in [7, 11) is 0. The second-order valence-electron chi connectivity index (χ2n) is 8.41. The van der Waals surface area contributed by atoms with E-state index in [4.69, 9.17) is 5.26 Å². The second-order valence-corrected chi connectivity index (χ2v) is 8.41. The van der Waals surface area contributed by atoms with Gasteiger partial charge in [0.25, 0.3) is 0 Å². The SMILES string of the molecule is N#Cc1ccc([C@@H](O)CNC(=O)[C@H]2CCN(c3ncnc4[nH]ccc34)CC23CC3)nc1. The normalized spacial score (nSPS) is 20.4. The maximum Gasteiger partial charge on any atom is 0.223 e. The molecule has 9 nitrogen and oxygen atoms in total. The van der Waals surface area contributed by atoms with Crippen LogP contribution in [0.4, 0.5) is 5.82 Å². The predicted octanol–water partition coefficient (Wildman–Crippen LogP) is 1.68. The van der Waals surface area contributed by atoms with E-state index in [1.807, 2.05) is 18.3 Å². The number of aromatic amines is 1. The summed E-state index contributed by atoms with van der Waals surface area (Å²) in [5, 5.41) is 23.1. The van der Waals surface area contributed by atoms with E-state index < -0.39 is 6.10 Å². The third-order valence-electron chi connectivity index (χ3n) is 6.50. The van der Waals surface area contributed by atoms with E-state index >= 15 is 0 Å². The van der Waals surface area contributed by atoms with E-state index in [2.05, 4.69) is 30.2 Å². The molecule has 0 bridgehead atoms. The third kappa shape index (κ3) is 3.59. The maximum atomic E-state index is 13.0. The van der Waals surface area contributed by atoms with Gasteiger partial charge in [-0.1, -0.05) is 0 Å². The molecule has 0 radical (unpaired) electrons. The number of aliphatic hydroxyl groups is 1. The quantitative estimate of drug-likeness (QED) is 0.576. The Morgan fingerprint density at radius 3 is 2.97 bits per heavy atom. The number of aliphatic hydroxyl groups excluding tert-OH is 1. The number of H-pyrrole nitrogens is 1. The number of nitrogens with zero attached hydrogens (tertiary/aromatic N) is 5. The van der Waals surface area contributed by atoms with Crippen LogP contribution in [0.25, 0.3) is 11.0 Å². The van der Waals surface area contributed by atoms with Crippen LogP contribution in [0.3, 0.4) is 0 Å². The van der Waals surface area contributed by atoms with Gasteiger partial charge in [0.15, 0.2) is 0 Å². The molecule has 31 heavy (non-hydrogen) atoms. The van der Waals surface area contributed by atoms with Crippen molar-refractivity contribution in [2.75, 3.05) is 24.5 Å². The summed E-state index contributed by atoms with van der Waals surface area (Å²) in [6.45, 7) is 1.64. The molecule has 0 aromatic carbocycles. The molecular formula is C22H23N7O2. The predicted molar refractivity (Wildman–Crippen MR) is 113 cm³/mol. The van der Waals surface area contributed by atoms with Gasteiger partial charge in [0, 0.05) is 37.9 Å². The van der Waals surface area contributed by atoms with E-state index in [9.17, 15) is 9.90 Å². The van der Waals surface area contributed by atoms with E-state index in [1.165, 1.54) is 6.20 Å². The van der Waals surface area contributed by atoms with Gasteiger partial charge in [0.2, 0.25) is 5.91 Å². The molecule has 9 heteroatoms. The van der Waals surface area contributed by atoms with Crippen molar-refractivity contribution in [2.45, 2.75) is 25.4 Å². The van der Waals surface area contributed by atoms with E-state index in [0.29, 0.717) is 11.3 Å². The molecular weight excluding hydrogens is 394 g/mol. The molecule has 1 amide bonds. The summed E-state index contributed by atoms with van der Waals surface area (Å²) in [6.07, 6.45) is 6.73. The number of pyridine rings is 1. The number of nitriles is 1. The standard InChI is InChI=1S/C22H23N7O2/c23-9-14-1-2-17(25-10-14)18(30)11-26-21(31)16-4-8-29(12-22(16)5-6-22)20-15-3-7-24-19(15)27-13-28-20/h1-3,7,10,13,16,18,30H,4-6,8,11-12H2,(H,26,31)(H,24,27,28)/t16-,18+/m1/s1. The summed E-state index contributed by atoms with van der Waals surface area (Å²) in [4.78, 5) is 31.2. The molecule has 2 aliphatic rings. The van der Waals surface area contributed by atoms with Crippen LogP contribution in [-0.2, 0) is 4.79 Å². The summed E-state index contributed by atoms with van der Waals surface area (Å²) in [5.41, 5.74) is 1.66. The number of hydrogen-bond acceptors (Lipinski definition) is 7. The molecule has 1 spiro atoms. The van der Waals surface area contributed by atoms with Crippen LogP contribution >= 0.6 is 0 Å². The number of carbonyl (C=O) groups excluding carboxylic acids is 1. The maximum absolute atomic E-state index is 13.0. The number of piperidine rings is 1. The van der Waals surface area contributed by atoms with Gasteiger partial charge < -0.3 is 20.3 Å². The van der Waals surface area contributed by atoms with E-state index in [-0.39, 0.29) is 23.8 Å². The molecule has 2 fully saturated rings. The monoisotopic (exact) mass is 417 g/mol. The fourth-order valence-corrected chi connectivity index (χ4v) is 4.62. The zero-order valence-electron chi connectivity index (χ0n) is 17.0. The zero-order valence-corrected chi connectivity index (χ0v) is 17.0. The van der Waals surface area contributed by atoms with Crippen molar-refractivity contribution in [1.29, 1.82) is 5.26 Å². The number of rotatable bonds is 5. The third-order valence-corrected chi connectivity index (χ3v) is 6.50. The fraction of sp³-hybridized carbons (Fsp3) is 0.409. The van der Waals surface area contributed by atoms with Crippen molar-refractivity contribution < 1.29 is 9.90 Å². The van der Waals surface area contributed by atoms with Gasteiger partial charge >= 0.3 is 0 Å². The number of fused-ring (bicyclic) bond motifs is 1. The lowest BCUT2D eigenvalue weighted by molar-refractivity contribution is -0.128. The topological polar surface area (TPSA) is 131 Å². The largest absolute Gasteiger partial charge is 0.385 e. The van der Waals surface area contributed by atoms with Crippen molar-refractivity contribution in [1.82, 2.24) is 25.3 Å². The number of nitrogens with one attached hydrogen (secondary N) is 2. The minimum Gasteiger partial charge on any atom is -0.385 e. The molecule has 1 aliphatic heterocycles. The second kappa shape index (κ2) is 7.63. The van der Waals surface area contributed by atoms with Crippen LogP contribution in [0.15, 0.2) is 36.9 Å².